The van der Waals surface area contributed by atoms with E-state index in [-0.39, 0.29) is 17.5 Å². The Hall–Kier alpha value is -1.55. The Kier molecular flexibility index (Phi) is 3.42. The highest BCUT2D eigenvalue weighted by molar-refractivity contribution is 6.00. The van der Waals surface area contributed by atoms with Gasteiger partial charge in [0.2, 0.25) is 0 Å². The normalized spacial score (nSPS) is 20.6. The molecule has 0 amide bonds. The molecule has 1 spiro atoms. The third-order valence-corrected chi connectivity index (χ3v) is 3.95. The predicted molar refractivity (Wildman–Crippen MR) is 76.6 cm³/mol. The van der Waals surface area contributed by atoms with Crippen molar-refractivity contribution in [1.82, 2.24) is 5.32 Å². The Morgan fingerprint density at radius 2 is 2.05 bits per heavy atom. The first-order valence-electron chi connectivity index (χ1n) is 7.32. The smallest absolute Gasteiger partial charge is 0.170 e. The first-order chi connectivity index (χ1) is 9.58. The molecule has 4 nitrogen and oxygen atoms in total. The van der Waals surface area contributed by atoms with E-state index in [1.54, 1.807) is 0 Å². The van der Waals surface area contributed by atoms with Gasteiger partial charge in [-0.05, 0) is 45.1 Å². The number of benzene rings is 1. The average molecular weight is 275 g/mol. The lowest BCUT2D eigenvalue weighted by molar-refractivity contribution is 0.0186. The average Bonchev–Trinajstić information content (AvgIpc) is 2.40. The molecule has 0 atom stereocenters. The number of carbonyl (C=O) groups is 1. The summed E-state index contributed by atoms with van der Waals surface area (Å²) >= 11 is 0. The summed E-state index contributed by atoms with van der Waals surface area (Å²) in [5.41, 5.74) is 0.364. The van der Waals surface area contributed by atoms with Crippen molar-refractivity contribution in [3.8, 4) is 11.5 Å². The summed E-state index contributed by atoms with van der Waals surface area (Å²) in [6.45, 7) is 5.78. The number of hydrogen-bond donors (Lipinski definition) is 1. The minimum Gasteiger partial charge on any atom is -0.491 e. The Bertz CT molecular complexity index is 518. The lowest BCUT2D eigenvalue weighted by Crippen LogP contribution is -2.49. The first kappa shape index (κ1) is 13.4. The highest BCUT2D eigenvalue weighted by Gasteiger charge is 2.41. The SMILES string of the molecule is CC(C)Oc1ccc2c(c1)C(=O)CC1(CCNCC1)O2. The van der Waals surface area contributed by atoms with E-state index < -0.39 is 0 Å². The van der Waals surface area contributed by atoms with Crippen molar-refractivity contribution in [1.29, 1.82) is 0 Å². The minimum atomic E-state index is -0.296. The van der Waals surface area contributed by atoms with Crippen LogP contribution in [0.5, 0.6) is 11.5 Å². The summed E-state index contributed by atoms with van der Waals surface area (Å²) < 4.78 is 11.8. The first-order valence-corrected chi connectivity index (χ1v) is 7.32. The number of piperidine rings is 1. The van der Waals surface area contributed by atoms with Crippen LogP contribution in [0, 0.1) is 0 Å². The molecule has 0 aromatic heterocycles. The van der Waals surface area contributed by atoms with Gasteiger partial charge in [-0.3, -0.25) is 4.79 Å². The molecule has 0 bridgehead atoms. The molecule has 0 aliphatic carbocycles. The molecule has 3 rings (SSSR count). The van der Waals surface area contributed by atoms with Gasteiger partial charge in [0, 0.05) is 12.8 Å². The van der Waals surface area contributed by atoms with E-state index in [9.17, 15) is 4.79 Å². The van der Waals surface area contributed by atoms with Gasteiger partial charge in [0.1, 0.15) is 17.1 Å². The van der Waals surface area contributed by atoms with Crippen LogP contribution >= 0.6 is 0 Å². The fourth-order valence-corrected chi connectivity index (χ4v) is 2.98. The standard InChI is InChI=1S/C16H21NO3/c1-11(2)19-12-3-4-15-13(9-12)14(18)10-16(20-15)5-7-17-8-6-16/h3-4,9,11,17H,5-8,10H2,1-2H3. The quantitative estimate of drug-likeness (QED) is 0.901. The second-order valence-corrected chi connectivity index (χ2v) is 5.96. The number of ether oxygens (including phenoxy) is 2. The molecule has 2 aliphatic rings. The maximum Gasteiger partial charge on any atom is 0.170 e. The third-order valence-electron chi connectivity index (χ3n) is 3.95. The fourth-order valence-electron chi connectivity index (χ4n) is 2.98. The monoisotopic (exact) mass is 275 g/mol. The van der Waals surface area contributed by atoms with Crippen molar-refractivity contribution < 1.29 is 14.3 Å². The second-order valence-electron chi connectivity index (χ2n) is 5.96. The van der Waals surface area contributed by atoms with E-state index in [4.69, 9.17) is 9.47 Å². The predicted octanol–water partition coefficient (Wildman–Crippen LogP) is 2.56. The lowest BCUT2D eigenvalue weighted by Gasteiger charge is -2.40. The van der Waals surface area contributed by atoms with Gasteiger partial charge in [0.15, 0.2) is 5.78 Å². The summed E-state index contributed by atoms with van der Waals surface area (Å²) in [5.74, 6) is 1.61. The topological polar surface area (TPSA) is 47.6 Å². The van der Waals surface area contributed by atoms with Crippen molar-refractivity contribution in [2.75, 3.05) is 13.1 Å². The van der Waals surface area contributed by atoms with Gasteiger partial charge >= 0.3 is 0 Å². The van der Waals surface area contributed by atoms with Crippen LogP contribution in [0.3, 0.4) is 0 Å². The van der Waals surface area contributed by atoms with Crippen molar-refractivity contribution in [3.63, 3.8) is 0 Å². The fraction of sp³-hybridized carbons (Fsp3) is 0.562. The molecule has 108 valence electrons. The second kappa shape index (κ2) is 5.09. The molecular formula is C16H21NO3. The number of ketones is 1. The molecule has 1 aromatic rings. The van der Waals surface area contributed by atoms with Crippen molar-refractivity contribution >= 4 is 5.78 Å². The highest BCUT2D eigenvalue weighted by Crippen LogP contribution is 2.39. The maximum atomic E-state index is 12.4. The third kappa shape index (κ3) is 2.52. The molecule has 1 aromatic carbocycles. The van der Waals surface area contributed by atoms with Crippen LogP contribution in [0.25, 0.3) is 0 Å². The summed E-state index contributed by atoms with van der Waals surface area (Å²) in [7, 11) is 0. The van der Waals surface area contributed by atoms with Gasteiger partial charge in [-0.1, -0.05) is 0 Å². The molecule has 2 aliphatic heterocycles. The molecule has 1 N–H and O–H groups in total. The van der Waals surface area contributed by atoms with Crippen LogP contribution in [0.1, 0.15) is 43.5 Å². The van der Waals surface area contributed by atoms with Crippen LogP contribution < -0.4 is 14.8 Å². The minimum absolute atomic E-state index is 0.100. The number of carbonyl (C=O) groups excluding carboxylic acids is 1. The van der Waals surface area contributed by atoms with Gasteiger partial charge in [0.05, 0.1) is 18.1 Å². The molecular weight excluding hydrogens is 254 g/mol. The molecule has 0 radical (unpaired) electrons. The summed E-state index contributed by atoms with van der Waals surface area (Å²) in [6, 6.07) is 5.56. The van der Waals surface area contributed by atoms with Gasteiger partial charge in [0.25, 0.3) is 0 Å². The maximum absolute atomic E-state index is 12.4. The molecule has 20 heavy (non-hydrogen) atoms. The summed E-state index contributed by atoms with van der Waals surface area (Å²) in [4.78, 5) is 12.4. The molecule has 0 saturated carbocycles. The number of hydrogen-bond acceptors (Lipinski definition) is 4. The Labute approximate surface area is 119 Å². The highest BCUT2D eigenvalue weighted by atomic mass is 16.5. The largest absolute Gasteiger partial charge is 0.491 e. The number of Topliss-reactive ketones (excluding diaryl/α,β-unsaturated/α-hetero) is 1. The van der Waals surface area contributed by atoms with E-state index in [2.05, 4.69) is 5.32 Å². The Morgan fingerprint density at radius 1 is 1.30 bits per heavy atom. The van der Waals surface area contributed by atoms with E-state index >= 15 is 0 Å². The van der Waals surface area contributed by atoms with Crippen LogP contribution in [-0.4, -0.2) is 30.6 Å². The summed E-state index contributed by atoms with van der Waals surface area (Å²) in [6.07, 6.45) is 2.36. The lowest BCUT2D eigenvalue weighted by atomic mass is 9.83. The molecule has 2 heterocycles. The van der Waals surface area contributed by atoms with Crippen LogP contribution in [0.4, 0.5) is 0 Å². The van der Waals surface area contributed by atoms with Gasteiger partial charge < -0.3 is 14.8 Å². The van der Waals surface area contributed by atoms with Crippen molar-refractivity contribution in [3.05, 3.63) is 23.8 Å². The number of fused-ring (bicyclic) bond motifs is 1. The van der Waals surface area contributed by atoms with Gasteiger partial charge in [-0.15, -0.1) is 0 Å². The van der Waals surface area contributed by atoms with E-state index in [1.807, 2.05) is 32.0 Å². The molecule has 1 saturated heterocycles. The summed E-state index contributed by atoms with van der Waals surface area (Å²) in [5, 5.41) is 3.31. The van der Waals surface area contributed by atoms with E-state index in [0.29, 0.717) is 17.7 Å². The zero-order valence-corrected chi connectivity index (χ0v) is 12.1. The van der Waals surface area contributed by atoms with E-state index in [1.165, 1.54) is 0 Å². The zero-order chi connectivity index (χ0) is 14.2. The molecule has 1 fully saturated rings. The Balaban J connectivity index is 1.88. The van der Waals surface area contributed by atoms with Crippen LogP contribution in [-0.2, 0) is 0 Å². The number of rotatable bonds is 2. The van der Waals surface area contributed by atoms with Crippen molar-refractivity contribution in [2.24, 2.45) is 0 Å². The number of nitrogens with one attached hydrogen (secondary N) is 1. The van der Waals surface area contributed by atoms with Crippen LogP contribution in [0.15, 0.2) is 18.2 Å². The van der Waals surface area contributed by atoms with Crippen molar-refractivity contribution in [2.45, 2.75) is 44.8 Å². The zero-order valence-electron chi connectivity index (χ0n) is 12.1. The van der Waals surface area contributed by atoms with Gasteiger partial charge in [-0.25, -0.2) is 0 Å². The Morgan fingerprint density at radius 3 is 2.75 bits per heavy atom. The van der Waals surface area contributed by atoms with Gasteiger partial charge in [-0.2, -0.15) is 0 Å². The van der Waals surface area contributed by atoms with Crippen LogP contribution in [0.2, 0.25) is 0 Å². The molecule has 0 unspecified atom stereocenters. The van der Waals surface area contributed by atoms with E-state index in [0.717, 1.165) is 31.7 Å². The molecule has 4 heteroatoms.